The summed E-state index contributed by atoms with van der Waals surface area (Å²) in [4.78, 5) is 0. The average molecular weight is 233 g/mol. The summed E-state index contributed by atoms with van der Waals surface area (Å²) in [6, 6.07) is 0. The van der Waals surface area contributed by atoms with Crippen LogP contribution < -0.4 is 0 Å². The first-order chi connectivity index (χ1) is 7.04. The predicted molar refractivity (Wildman–Crippen MR) is 63.3 cm³/mol. The van der Waals surface area contributed by atoms with Crippen LogP contribution in [0.4, 0.5) is 0 Å². The zero-order valence-corrected chi connectivity index (χ0v) is 10.7. The Labute approximate surface area is 93.9 Å². The van der Waals surface area contributed by atoms with Crippen LogP contribution in [0, 0.1) is 5.92 Å². The van der Waals surface area contributed by atoms with Crippen molar-refractivity contribution in [2.45, 2.75) is 45.4 Å². The molecule has 1 aliphatic rings. The van der Waals surface area contributed by atoms with Crippen molar-refractivity contribution in [3.8, 4) is 0 Å². The monoisotopic (exact) mass is 233 g/mol. The third-order valence-corrected chi connectivity index (χ3v) is 4.54. The van der Waals surface area contributed by atoms with Crippen molar-refractivity contribution >= 4 is 10.0 Å². The predicted octanol–water partition coefficient (Wildman–Crippen LogP) is 2.24. The molecule has 0 bridgehead atoms. The molecule has 1 atom stereocenters. The molecule has 0 aromatic rings. The van der Waals surface area contributed by atoms with Crippen LogP contribution in [0.2, 0.25) is 0 Å². The summed E-state index contributed by atoms with van der Waals surface area (Å²) in [5.74, 6) is 0.747. The first-order valence-electron chi connectivity index (χ1n) is 5.99. The molecule has 0 aromatic carbocycles. The highest BCUT2D eigenvalue weighted by Gasteiger charge is 2.21. The average Bonchev–Trinajstić information content (AvgIpc) is 2.38. The van der Waals surface area contributed by atoms with Crippen molar-refractivity contribution in [3.63, 3.8) is 0 Å². The van der Waals surface area contributed by atoms with Gasteiger partial charge in [0.2, 0.25) is 10.0 Å². The van der Waals surface area contributed by atoms with Gasteiger partial charge < -0.3 is 0 Å². The molecular weight excluding hydrogens is 210 g/mol. The van der Waals surface area contributed by atoms with Gasteiger partial charge in [0.25, 0.3) is 0 Å². The minimum Gasteiger partial charge on any atom is -0.213 e. The Kier molecular flexibility index (Phi) is 5.06. The van der Waals surface area contributed by atoms with E-state index >= 15 is 0 Å². The van der Waals surface area contributed by atoms with Crippen LogP contribution in [0.3, 0.4) is 0 Å². The van der Waals surface area contributed by atoms with Gasteiger partial charge >= 0.3 is 0 Å². The van der Waals surface area contributed by atoms with Gasteiger partial charge in [0.1, 0.15) is 0 Å². The van der Waals surface area contributed by atoms with Crippen LogP contribution in [0.5, 0.6) is 0 Å². The van der Waals surface area contributed by atoms with Crippen LogP contribution in [0.1, 0.15) is 45.4 Å². The van der Waals surface area contributed by atoms with Crippen LogP contribution in [0.25, 0.3) is 0 Å². The minimum absolute atomic E-state index is 0.724. The lowest BCUT2D eigenvalue weighted by Crippen LogP contribution is -2.30. The fourth-order valence-electron chi connectivity index (χ4n) is 2.25. The molecule has 1 heterocycles. The van der Waals surface area contributed by atoms with Crippen molar-refractivity contribution in [2.24, 2.45) is 5.92 Å². The summed E-state index contributed by atoms with van der Waals surface area (Å²) in [6.07, 6.45) is 8.39. The van der Waals surface area contributed by atoms with Crippen LogP contribution in [-0.2, 0) is 10.0 Å². The highest BCUT2D eigenvalue weighted by Crippen LogP contribution is 2.23. The first kappa shape index (κ1) is 13.0. The summed E-state index contributed by atoms with van der Waals surface area (Å²) in [5.41, 5.74) is 0. The second-order valence-corrected chi connectivity index (χ2v) is 6.58. The quantitative estimate of drug-likeness (QED) is 0.747. The van der Waals surface area contributed by atoms with Gasteiger partial charge in [-0.1, -0.05) is 26.2 Å². The molecule has 1 fully saturated rings. The summed E-state index contributed by atoms with van der Waals surface area (Å²) in [6.45, 7) is 3.66. The second-order valence-electron chi connectivity index (χ2n) is 4.60. The van der Waals surface area contributed by atoms with E-state index in [-0.39, 0.29) is 0 Å². The summed E-state index contributed by atoms with van der Waals surface area (Å²) in [5, 5.41) is 0. The highest BCUT2D eigenvalue weighted by molar-refractivity contribution is 7.88. The SMILES string of the molecule is CCCC[C@H]1CCCN(S(C)(=O)=O)CC1. The topological polar surface area (TPSA) is 37.4 Å². The van der Waals surface area contributed by atoms with Gasteiger partial charge in [-0.25, -0.2) is 12.7 Å². The van der Waals surface area contributed by atoms with E-state index in [4.69, 9.17) is 0 Å². The lowest BCUT2D eigenvalue weighted by molar-refractivity contribution is 0.397. The number of unbranched alkanes of at least 4 members (excludes halogenated alkanes) is 1. The minimum atomic E-state index is -2.96. The molecule has 3 nitrogen and oxygen atoms in total. The molecule has 0 radical (unpaired) electrons. The molecule has 0 amide bonds. The smallest absolute Gasteiger partial charge is 0.211 e. The van der Waals surface area contributed by atoms with Gasteiger partial charge in [-0.2, -0.15) is 0 Å². The van der Waals surface area contributed by atoms with Crippen molar-refractivity contribution in [1.29, 1.82) is 0 Å². The number of hydrogen-bond acceptors (Lipinski definition) is 2. The van der Waals surface area contributed by atoms with Crippen LogP contribution in [-0.4, -0.2) is 32.1 Å². The van der Waals surface area contributed by atoms with E-state index < -0.39 is 10.0 Å². The normalized spacial score (nSPS) is 25.1. The Bertz CT molecular complexity index is 274. The number of sulfonamides is 1. The Morgan fingerprint density at radius 1 is 1.27 bits per heavy atom. The third kappa shape index (κ3) is 4.51. The van der Waals surface area contributed by atoms with E-state index in [2.05, 4.69) is 6.92 Å². The zero-order chi connectivity index (χ0) is 11.3. The Morgan fingerprint density at radius 2 is 2.00 bits per heavy atom. The third-order valence-electron chi connectivity index (χ3n) is 3.24. The van der Waals surface area contributed by atoms with E-state index in [0.29, 0.717) is 0 Å². The van der Waals surface area contributed by atoms with Crippen LogP contribution >= 0.6 is 0 Å². The number of rotatable bonds is 4. The summed E-state index contributed by atoms with van der Waals surface area (Å²) >= 11 is 0. The van der Waals surface area contributed by atoms with Crippen molar-refractivity contribution in [1.82, 2.24) is 4.31 Å². The maximum atomic E-state index is 11.4. The molecule has 0 aromatic heterocycles. The second kappa shape index (κ2) is 5.85. The van der Waals surface area contributed by atoms with E-state index in [0.717, 1.165) is 31.8 Å². The number of nitrogens with zero attached hydrogens (tertiary/aromatic N) is 1. The molecule has 90 valence electrons. The molecule has 0 aliphatic carbocycles. The molecule has 1 rings (SSSR count). The largest absolute Gasteiger partial charge is 0.213 e. The van der Waals surface area contributed by atoms with E-state index in [1.54, 1.807) is 4.31 Å². The molecule has 0 N–H and O–H groups in total. The van der Waals surface area contributed by atoms with E-state index in [1.165, 1.54) is 31.9 Å². The lowest BCUT2D eigenvalue weighted by Gasteiger charge is -2.17. The fourth-order valence-corrected chi connectivity index (χ4v) is 3.15. The fraction of sp³-hybridized carbons (Fsp3) is 1.00. The molecule has 1 aliphatic heterocycles. The molecule has 0 unspecified atom stereocenters. The maximum absolute atomic E-state index is 11.4. The van der Waals surface area contributed by atoms with Gasteiger partial charge in [0.15, 0.2) is 0 Å². The standard InChI is InChI=1S/C11H23NO2S/c1-3-4-6-11-7-5-9-12(10-8-11)15(2,13)14/h11H,3-10H2,1-2H3/t11-/m0/s1. The molecule has 15 heavy (non-hydrogen) atoms. The van der Waals surface area contributed by atoms with Crippen LogP contribution in [0.15, 0.2) is 0 Å². The van der Waals surface area contributed by atoms with Gasteiger partial charge in [-0.3, -0.25) is 0 Å². The first-order valence-corrected chi connectivity index (χ1v) is 7.84. The summed E-state index contributed by atoms with van der Waals surface area (Å²) in [7, 11) is -2.96. The zero-order valence-electron chi connectivity index (χ0n) is 9.91. The van der Waals surface area contributed by atoms with Gasteiger partial charge in [0, 0.05) is 13.1 Å². The summed E-state index contributed by atoms with van der Waals surface area (Å²) < 4.78 is 24.4. The van der Waals surface area contributed by atoms with Gasteiger partial charge in [-0.15, -0.1) is 0 Å². The highest BCUT2D eigenvalue weighted by atomic mass is 32.2. The Morgan fingerprint density at radius 3 is 2.60 bits per heavy atom. The molecule has 1 saturated heterocycles. The molecule has 4 heteroatoms. The van der Waals surface area contributed by atoms with Crippen molar-refractivity contribution in [2.75, 3.05) is 19.3 Å². The Hall–Kier alpha value is -0.0900. The van der Waals surface area contributed by atoms with Crippen molar-refractivity contribution in [3.05, 3.63) is 0 Å². The molecule has 0 spiro atoms. The lowest BCUT2D eigenvalue weighted by atomic mass is 9.95. The number of hydrogen-bond donors (Lipinski definition) is 0. The Balaban J connectivity index is 2.42. The molecule has 0 saturated carbocycles. The van der Waals surface area contributed by atoms with E-state index in [1.807, 2.05) is 0 Å². The van der Waals surface area contributed by atoms with Gasteiger partial charge in [0.05, 0.1) is 6.26 Å². The van der Waals surface area contributed by atoms with Gasteiger partial charge in [-0.05, 0) is 25.2 Å². The van der Waals surface area contributed by atoms with Crippen molar-refractivity contribution < 1.29 is 8.42 Å². The molecular formula is C11H23NO2S. The maximum Gasteiger partial charge on any atom is 0.211 e. The van der Waals surface area contributed by atoms with E-state index in [9.17, 15) is 8.42 Å².